The molecule has 0 aliphatic rings. The normalized spacial score (nSPS) is 11.3. The van der Waals surface area contributed by atoms with E-state index in [-0.39, 0.29) is 0 Å². The van der Waals surface area contributed by atoms with Gasteiger partial charge in [0.25, 0.3) is 0 Å². The number of hydroxylamine groups is 2. The maximum absolute atomic E-state index is 10.6. The van der Waals surface area contributed by atoms with Gasteiger partial charge in [-0.1, -0.05) is 91.0 Å². The number of benzene rings is 3. The second-order valence-electron chi connectivity index (χ2n) is 5.53. The topological polar surface area (TPSA) is 35.8 Å². The van der Waals surface area contributed by atoms with Crippen molar-refractivity contribution < 1.29 is 5.21 Å². The van der Waals surface area contributed by atoms with Crippen LogP contribution in [0.25, 0.3) is 0 Å². The molecule has 0 aromatic heterocycles. The predicted octanol–water partition coefficient (Wildman–Crippen LogP) is 4.52. The summed E-state index contributed by atoms with van der Waals surface area (Å²) in [5.74, 6) is 0.573. The Bertz CT molecular complexity index is 771. The summed E-state index contributed by atoms with van der Waals surface area (Å²) in [6.45, 7) is 0.917. The summed E-state index contributed by atoms with van der Waals surface area (Å²) in [6, 6.07) is 29.7. The van der Waals surface area contributed by atoms with E-state index in [1.54, 1.807) is 0 Å². The molecule has 0 aliphatic heterocycles. The maximum Gasteiger partial charge on any atom is 0.155 e. The lowest BCUT2D eigenvalue weighted by Gasteiger charge is -2.19. The van der Waals surface area contributed by atoms with Crippen molar-refractivity contribution in [3.05, 3.63) is 108 Å². The first kappa shape index (κ1) is 16.0. The second kappa shape index (κ2) is 8.09. The average molecular weight is 316 g/mol. The number of amidine groups is 1. The molecule has 0 spiro atoms. The number of aliphatic imine (C=N–C) groups is 1. The van der Waals surface area contributed by atoms with Crippen LogP contribution in [0, 0.1) is 0 Å². The summed E-state index contributed by atoms with van der Waals surface area (Å²) >= 11 is 0. The summed E-state index contributed by atoms with van der Waals surface area (Å²) < 4.78 is 0. The summed E-state index contributed by atoms with van der Waals surface area (Å²) in [4.78, 5) is 4.65. The fourth-order valence-corrected chi connectivity index (χ4v) is 2.49. The van der Waals surface area contributed by atoms with Crippen molar-refractivity contribution >= 4 is 5.84 Å². The van der Waals surface area contributed by atoms with Crippen LogP contribution in [0.4, 0.5) is 0 Å². The number of rotatable bonds is 5. The van der Waals surface area contributed by atoms with Crippen LogP contribution in [0.2, 0.25) is 0 Å². The molecule has 0 atom stereocenters. The molecule has 0 heterocycles. The molecule has 0 fully saturated rings. The molecule has 3 heteroatoms. The SMILES string of the molecule is ON(Cc1ccccc1)/C(=N\Cc1ccccc1)c1ccccc1. The molecule has 0 radical (unpaired) electrons. The van der Waals surface area contributed by atoms with Gasteiger partial charge in [-0.2, -0.15) is 0 Å². The van der Waals surface area contributed by atoms with E-state index in [9.17, 15) is 5.21 Å². The minimum absolute atomic E-state index is 0.392. The van der Waals surface area contributed by atoms with Crippen LogP contribution in [-0.4, -0.2) is 16.1 Å². The number of nitrogens with zero attached hydrogens (tertiary/aromatic N) is 2. The zero-order valence-corrected chi connectivity index (χ0v) is 13.4. The lowest BCUT2D eigenvalue weighted by atomic mass is 10.1. The van der Waals surface area contributed by atoms with E-state index in [1.165, 1.54) is 5.06 Å². The Hall–Kier alpha value is -2.91. The molecule has 3 aromatic carbocycles. The minimum atomic E-state index is 0.392. The van der Waals surface area contributed by atoms with E-state index in [0.717, 1.165) is 16.7 Å². The molecule has 3 rings (SSSR count). The van der Waals surface area contributed by atoms with Gasteiger partial charge in [-0.25, -0.2) is 5.06 Å². The number of hydrogen-bond acceptors (Lipinski definition) is 2. The van der Waals surface area contributed by atoms with Gasteiger partial charge in [0.05, 0.1) is 13.1 Å². The molecular weight excluding hydrogens is 296 g/mol. The molecule has 0 amide bonds. The Kier molecular flexibility index (Phi) is 5.38. The van der Waals surface area contributed by atoms with E-state index in [1.807, 2.05) is 91.0 Å². The van der Waals surface area contributed by atoms with Gasteiger partial charge < -0.3 is 0 Å². The molecule has 0 bridgehead atoms. The van der Waals surface area contributed by atoms with Crippen LogP contribution in [0.15, 0.2) is 96.0 Å². The smallest absolute Gasteiger partial charge is 0.155 e. The quantitative estimate of drug-likeness (QED) is 0.426. The van der Waals surface area contributed by atoms with E-state index in [2.05, 4.69) is 4.99 Å². The lowest BCUT2D eigenvalue weighted by Crippen LogP contribution is -2.28. The first-order chi connectivity index (χ1) is 11.8. The van der Waals surface area contributed by atoms with E-state index >= 15 is 0 Å². The van der Waals surface area contributed by atoms with Crippen LogP contribution >= 0.6 is 0 Å². The van der Waals surface area contributed by atoms with Crippen molar-refractivity contribution in [1.82, 2.24) is 5.06 Å². The zero-order valence-electron chi connectivity index (χ0n) is 13.4. The van der Waals surface area contributed by atoms with Crippen LogP contribution in [-0.2, 0) is 13.1 Å². The van der Waals surface area contributed by atoms with Gasteiger partial charge in [0.2, 0.25) is 0 Å². The molecular formula is C21H20N2O. The fraction of sp³-hybridized carbons (Fsp3) is 0.0952. The molecule has 3 aromatic rings. The highest BCUT2D eigenvalue weighted by atomic mass is 16.5. The summed E-state index contributed by atoms with van der Waals surface area (Å²) in [7, 11) is 0. The van der Waals surface area contributed by atoms with Gasteiger partial charge in [0.1, 0.15) is 0 Å². The molecule has 1 N–H and O–H groups in total. The summed E-state index contributed by atoms with van der Waals surface area (Å²) in [6.07, 6.45) is 0. The minimum Gasteiger partial charge on any atom is -0.287 e. The van der Waals surface area contributed by atoms with Gasteiger partial charge in [0, 0.05) is 5.56 Å². The Labute approximate surface area is 142 Å². The van der Waals surface area contributed by atoms with E-state index in [0.29, 0.717) is 18.9 Å². The Morgan fingerprint density at radius 2 is 1.21 bits per heavy atom. The molecule has 0 saturated heterocycles. The van der Waals surface area contributed by atoms with Crippen molar-refractivity contribution in [2.24, 2.45) is 4.99 Å². The lowest BCUT2D eigenvalue weighted by molar-refractivity contribution is -0.0224. The first-order valence-electron chi connectivity index (χ1n) is 7.97. The Balaban J connectivity index is 1.84. The monoisotopic (exact) mass is 316 g/mol. The summed E-state index contributed by atoms with van der Waals surface area (Å²) in [5.41, 5.74) is 3.04. The number of hydrogen-bond donors (Lipinski definition) is 1. The third-order valence-corrected chi connectivity index (χ3v) is 3.71. The molecule has 24 heavy (non-hydrogen) atoms. The third kappa shape index (κ3) is 4.31. The summed E-state index contributed by atoms with van der Waals surface area (Å²) in [5, 5.41) is 11.8. The van der Waals surface area contributed by atoms with Crippen LogP contribution in [0.3, 0.4) is 0 Å². The Morgan fingerprint density at radius 1 is 0.708 bits per heavy atom. The highest BCUT2D eigenvalue weighted by Crippen LogP contribution is 2.11. The van der Waals surface area contributed by atoms with Crippen LogP contribution in [0.5, 0.6) is 0 Å². The molecule has 0 saturated carbocycles. The first-order valence-corrected chi connectivity index (χ1v) is 7.97. The third-order valence-electron chi connectivity index (χ3n) is 3.71. The molecule has 0 aliphatic carbocycles. The maximum atomic E-state index is 10.6. The predicted molar refractivity (Wildman–Crippen MR) is 96.9 cm³/mol. The average Bonchev–Trinajstić information content (AvgIpc) is 2.64. The largest absolute Gasteiger partial charge is 0.287 e. The van der Waals surface area contributed by atoms with Crippen molar-refractivity contribution in [2.75, 3.05) is 0 Å². The van der Waals surface area contributed by atoms with E-state index in [4.69, 9.17) is 0 Å². The van der Waals surface area contributed by atoms with Crippen molar-refractivity contribution in [1.29, 1.82) is 0 Å². The molecule has 120 valence electrons. The van der Waals surface area contributed by atoms with Gasteiger partial charge in [-0.05, 0) is 11.1 Å². The Morgan fingerprint density at radius 3 is 1.79 bits per heavy atom. The molecule has 3 nitrogen and oxygen atoms in total. The zero-order chi connectivity index (χ0) is 16.6. The van der Waals surface area contributed by atoms with E-state index < -0.39 is 0 Å². The van der Waals surface area contributed by atoms with Gasteiger partial charge >= 0.3 is 0 Å². The van der Waals surface area contributed by atoms with Crippen molar-refractivity contribution in [3.63, 3.8) is 0 Å². The fourth-order valence-electron chi connectivity index (χ4n) is 2.49. The van der Waals surface area contributed by atoms with Gasteiger partial charge in [-0.15, -0.1) is 0 Å². The van der Waals surface area contributed by atoms with Gasteiger partial charge in [-0.3, -0.25) is 10.2 Å². The molecule has 0 unspecified atom stereocenters. The van der Waals surface area contributed by atoms with Crippen LogP contribution < -0.4 is 0 Å². The highest BCUT2D eigenvalue weighted by Gasteiger charge is 2.11. The van der Waals surface area contributed by atoms with Crippen molar-refractivity contribution in [3.8, 4) is 0 Å². The van der Waals surface area contributed by atoms with Crippen molar-refractivity contribution in [2.45, 2.75) is 13.1 Å². The standard InChI is InChI=1S/C21H20N2O/c24-23(17-19-12-6-2-7-13-19)21(20-14-8-3-9-15-20)22-16-18-10-4-1-5-11-18/h1-15,24H,16-17H2/b22-21-. The second-order valence-corrected chi connectivity index (χ2v) is 5.53. The highest BCUT2D eigenvalue weighted by molar-refractivity contribution is 5.97. The van der Waals surface area contributed by atoms with Gasteiger partial charge in [0.15, 0.2) is 5.84 Å². The van der Waals surface area contributed by atoms with Crippen LogP contribution in [0.1, 0.15) is 16.7 Å².